The minimum absolute atomic E-state index is 0.256. The molecule has 0 aliphatic heterocycles. The molecule has 0 unspecified atom stereocenters. The Kier molecular flexibility index (Phi) is 3.50. The third-order valence-corrected chi connectivity index (χ3v) is 3.45. The Bertz CT molecular complexity index is 812. The molecule has 106 valence electrons. The lowest BCUT2D eigenvalue weighted by Gasteiger charge is -2.08. The number of benzene rings is 1. The fourth-order valence-electron chi connectivity index (χ4n) is 2.12. The molecule has 0 saturated heterocycles. The number of nitrogens with one attached hydrogen (secondary N) is 2. The second-order valence-electron chi connectivity index (χ2n) is 4.62. The van der Waals surface area contributed by atoms with Crippen LogP contribution in [0.15, 0.2) is 48.8 Å². The van der Waals surface area contributed by atoms with Gasteiger partial charge in [-0.1, -0.05) is 11.6 Å². The van der Waals surface area contributed by atoms with Crippen LogP contribution in [0.4, 0.5) is 16.2 Å². The van der Waals surface area contributed by atoms with E-state index >= 15 is 0 Å². The van der Waals surface area contributed by atoms with E-state index in [4.69, 9.17) is 11.6 Å². The number of pyridine rings is 1. The third kappa shape index (κ3) is 2.83. The van der Waals surface area contributed by atoms with Gasteiger partial charge in [0, 0.05) is 36.0 Å². The molecule has 21 heavy (non-hydrogen) atoms. The molecule has 0 aliphatic carbocycles. The van der Waals surface area contributed by atoms with E-state index in [1.54, 1.807) is 18.3 Å². The number of anilines is 2. The van der Waals surface area contributed by atoms with Gasteiger partial charge in [-0.05, 0) is 36.4 Å². The minimum Gasteiger partial charge on any atom is -0.351 e. The van der Waals surface area contributed by atoms with Crippen LogP contribution in [0.1, 0.15) is 0 Å². The molecule has 2 amide bonds. The van der Waals surface area contributed by atoms with E-state index < -0.39 is 0 Å². The zero-order valence-electron chi connectivity index (χ0n) is 11.3. The fraction of sp³-hybridized carbons (Fsp3) is 0.0667. The Hall–Kier alpha value is -2.53. The summed E-state index contributed by atoms with van der Waals surface area (Å²) in [5, 5.41) is 6.76. The maximum atomic E-state index is 12.0. The van der Waals surface area contributed by atoms with Crippen molar-refractivity contribution in [3.63, 3.8) is 0 Å². The van der Waals surface area contributed by atoms with Gasteiger partial charge in [0.05, 0.1) is 5.69 Å². The Morgan fingerprint density at radius 1 is 1.24 bits per heavy atom. The van der Waals surface area contributed by atoms with Crippen LogP contribution in [-0.2, 0) is 7.05 Å². The standard InChI is InChI=1S/C15H13ClN4O/c1-20-8-6-10-9-11(4-5-13(10)20)18-15(21)19-12-3-2-7-17-14(12)16/h2-9H,1H3,(H2,18,19,21). The largest absolute Gasteiger partial charge is 0.351 e. The lowest BCUT2D eigenvalue weighted by molar-refractivity contribution is 0.262. The summed E-state index contributed by atoms with van der Waals surface area (Å²) in [5.74, 6) is 0. The highest BCUT2D eigenvalue weighted by molar-refractivity contribution is 6.32. The molecular weight excluding hydrogens is 288 g/mol. The smallest absolute Gasteiger partial charge is 0.323 e. The van der Waals surface area contributed by atoms with E-state index in [0.717, 1.165) is 10.9 Å². The van der Waals surface area contributed by atoms with Crippen LogP contribution in [0.5, 0.6) is 0 Å². The van der Waals surface area contributed by atoms with Gasteiger partial charge in [0.1, 0.15) is 0 Å². The normalized spacial score (nSPS) is 10.6. The van der Waals surface area contributed by atoms with E-state index in [9.17, 15) is 4.79 Å². The predicted octanol–water partition coefficient (Wildman–Crippen LogP) is 3.87. The van der Waals surface area contributed by atoms with Gasteiger partial charge < -0.3 is 15.2 Å². The van der Waals surface area contributed by atoms with Crippen molar-refractivity contribution in [2.45, 2.75) is 0 Å². The number of halogens is 1. The molecule has 0 radical (unpaired) electrons. The molecule has 2 aromatic heterocycles. The van der Waals surface area contributed by atoms with E-state index in [1.807, 2.05) is 42.1 Å². The summed E-state index contributed by atoms with van der Waals surface area (Å²) in [5.41, 5.74) is 2.29. The van der Waals surface area contributed by atoms with Gasteiger partial charge in [-0.3, -0.25) is 0 Å². The molecule has 3 aromatic rings. The first-order valence-corrected chi connectivity index (χ1v) is 6.75. The molecule has 0 atom stereocenters. The van der Waals surface area contributed by atoms with Gasteiger partial charge in [-0.2, -0.15) is 0 Å². The van der Waals surface area contributed by atoms with Crippen LogP contribution in [0.25, 0.3) is 10.9 Å². The van der Waals surface area contributed by atoms with E-state index in [-0.39, 0.29) is 11.2 Å². The third-order valence-electron chi connectivity index (χ3n) is 3.15. The summed E-state index contributed by atoms with van der Waals surface area (Å²) in [6.45, 7) is 0. The summed E-state index contributed by atoms with van der Waals surface area (Å²) >= 11 is 5.90. The number of carbonyl (C=O) groups is 1. The number of urea groups is 1. The molecule has 6 heteroatoms. The van der Waals surface area contributed by atoms with Crippen molar-refractivity contribution in [1.82, 2.24) is 9.55 Å². The highest BCUT2D eigenvalue weighted by Crippen LogP contribution is 2.21. The van der Waals surface area contributed by atoms with Crippen LogP contribution in [-0.4, -0.2) is 15.6 Å². The van der Waals surface area contributed by atoms with Crippen molar-refractivity contribution in [1.29, 1.82) is 0 Å². The summed E-state index contributed by atoms with van der Waals surface area (Å²) in [7, 11) is 1.98. The van der Waals surface area contributed by atoms with E-state index in [2.05, 4.69) is 15.6 Å². The van der Waals surface area contributed by atoms with Crippen molar-refractivity contribution in [3.05, 3.63) is 53.9 Å². The monoisotopic (exact) mass is 300 g/mol. The van der Waals surface area contributed by atoms with Gasteiger partial charge in [0.25, 0.3) is 0 Å². The van der Waals surface area contributed by atoms with Crippen LogP contribution >= 0.6 is 11.6 Å². The zero-order valence-corrected chi connectivity index (χ0v) is 12.1. The van der Waals surface area contributed by atoms with Crippen molar-refractivity contribution in [3.8, 4) is 0 Å². The molecular formula is C15H13ClN4O. The Morgan fingerprint density at radius 2 is 2.10 bits per heavy atom. The average Bonchev–Trinajstić information content (AvgIpc) is 2.82. The molecule has 5 nitrogen and oxygen atoms in total. The summed E-state index contributed by atoms with van der Waals surface area (Å²) in [4.78, 5) is 15.9. The number of aryl methyl sites for hydroxylation is 1. The van der Waals surface area contributed by atoms with Crippen molar-refractivity contribution in [2.24, 2.45) is 7.05 Å². The number of rotatable bonds is 2. The minimum atomic E-state index is -0.361. The van der Waals surface area contributed by atoms with Gasteiger partial charge in [-0.15, -0.1) is 0 Å². The SMILES string of the molecule is Cn1ccc2cc(NC(=O)Nc3cccnc3Cl)ccc21. The zero-order chi connectivity index (χ0) is 14.8. The number of aromatic nitrogens is 2. The van der Waals surface area contributed by atoms with Gasteiger partial charge in [0.15, 0.2) is 5.15 Å². The number of fused-ring (bicyclic) bond motifs is 1. The highest BCUT2D eigenvalue weighted by atomic mass is 35.5. The average molecular weight is 301 g/mol. The second-order valence-corrected chi connectivity index (χ2v) is 4.98. The first kappa shape index (κ1) is 13.5. The molecule has 1 aromatic carbocycles. The number of hydrogen-bond donors (Lipinski definition) is 2. The van der Waals surface area contributed by atoms with Crippen LogP contribution < -0.4 is 10.6 Å². The van der Waals surface area contributed by atoms with Crippen LogP contribution in [0.3, 0.4) is 0 Å². The second kappa shape index (κ2) is 5.46. The Labute approximate surface area is 126 Å². The topological polar surface area (TPSA) is 59.0 Å². The highest BCUT2D eigenvalue weighted by Gasteiger charge is 2.07. The first-order valence-electron chi connectivity index (χ1n) is 6.37. The fourth-order valence-corrected chi connectivity index (χ4v) is 2.29. The lowest BCUT2D eigenvalue weighted by atomic mass is 10.2. The molecule has 0 saturated carbocycles. The van der Waals surface area contributed by atoms with Crippen LogP contribution in [0, 0.1) is 0 Å². The van der Waals surface area contributed by atoms with E-state index in [0.29, 0.717) is 11.4 Å². The van der Waals surface area contributed by atoms with Crippen molar-refractivity contribution in [2.75, 3.05) is 10.6 Å². The molecule has 2 heterocycles. The van der Waals surface area contributed by atoms with Gasteiger partial charge in [-0.25, -0.2) is 9.78 Å². The van der Waals surface area contributed by atoms with Crippen molar-refractivity contribution < 1.29 is 4.79 Å². The Balaban J connectivity index is 1.75. The number of carbonyl (C=O) groups excluding carboxylic acids is 1. The number of amides is 2. The van der Waals surface area contributed by atoms with Crippen molar-refractivity contribution >= 4 is 39.9 Å². The lowest BCUT2D eigenvalue weighted by Crippen LogP contribution is -2.19. The first-order chi connectivity index (χ1) is 10.1. The van der Waals surface area contributed by atoms with Gasteiger partial charge in [0.2, 0.25) is 0 Å². The molecule has 0 fully saturated rings. The molecule has 0 bridgehead atoms. The summed E-state index contributed by atoms with van der Waals surface area (Å²) in [6.07, 6.45) is 3.54. The Morgan fingerprint density at radius 3 is 2.90 bits per heavy atom. The molecule has 0 spiro atoms. The molecule has 3 rings (SSSR count). The molecule has 0 aliphatic rings. The van der Waals surface area contributed by atoms with E-state index in [1.165, 1.54) is 0 Å². The summed E-state index contributed by atoms with van der Waals surface area (Å²) in [6, 6.07) is 10.8. The maximum Gasteiger partial charge on any atom is 0.323 e. The summed E-state index contributed by atoms with van der Waals surface area (Å²) < 4.78 is 2.02. The van der Waals surface area contributed by atoms with Crippen LogP contribution in [0.2, 0.25) is 5.15 Å². The maximum absolute atomic E-state index is 12.0. The predicted molar refractivity (Wildman–Crippen MR) is 84.8 cm³/mol. The molecule has 2 N–H and O–H groups in total. The number of hydrogen-bond acceptors (Lipinski definition) is 2. The quantitative estimate of drug-likeness (QED) is 0.706. The van der Waals surface area contributed by atoms with Gasteiger partial charge >= 0.3 is 6.03 Å². The number of nitrogens with zero attached hydrogens (tertiary/aromatic N) is 2.